The maximum Gasteiger partial charge on any atom is 0.416 e. The number of carbonyl (C=O) groups excluding carboxylic acids is 1. The fourth-order valence-corrected chi connectivity index (χ4v) is 1.60. The van der Waals surface area contributed by atoms with E-state index >= 15 is 0 Å². The van der Waals surface area contributed by atoms with Crippen LogP contribution in [0.25, 0.3) is 0 Å². The third-order valence-corrected chi connectivity index (χ3v) is 2.54. The van der Waals surface area contributed by atoms with Crippen molar-refractivity contribution in [2.75, 3.05) is 20.1 Å². The largest absolute Gasteiger partial charge is 0.416 e. The van der Waals surface area contributed by atoms with Crippen molar-refractivity contribution in [1.82, 2.24) is 10.6 Å². The van der Waals surface area contributed by atoms with E-state index in [-0.39, 0.29) is 24.7 Å². The van der Waals surface area contributed by atoms with Gasteiger partial charge in [-0.15, -0.1) is 12.4 Å². The second kappa shape index (κ2) is 8.81. The summed E-state index contributed by atoms with van der Waals surface area (Å²) in [4.78, 5) is 11.5. The summed E-state index contributed by atoms with van der Waals surface area (Å²) in [5, 5.41) is 5.60. The van der Waals surface area contributed by atoms with Crippen LogP contribution in [0.4, 0.5) is 13.2 Å². The number of benzene rings is 1. The first kappa shape index (κ1) is 18.7. The molecule has 0 bridgehead atoms. The van der Waals surface area contributed by atoms with Gasteiger partial charge in [-0.3, -0.25) is 4.79 Å². The normalized spacial score (nSPS) is 10.8. The number of hydrogen-bond acceptors (Lipinski definition) is 2. The van der Waals surface area contributed by atoms with Crippen LogP contribution in [0.5, 0.6) is 0 Å². The number of hydrogen-bond donors (Lipinski definition) is 2. The van der Waals surface area contributed by atoms with Gasteiger partial charge in [0.2, 0.25) is 5.91 Å². The summed E-state index contributed by atoms with van der Waals surface area (Å²) in [5.74, 6) is -0.268. The minimum Gasteiger partial charge on any atom is -0.356 e. The molecule has 0 radical (unpaired) electrons. The minimum absolute atomic E-state index is 0. The van der Waals surface area contributed by atoms with Crippen molar-refractivity contribution in [3.05, 3.63) is 35.4 Å². The monoisotopic (exact) mass is 310 g/mol. The van der Waals surface area contributed by atoms with E-state index in [1.165, 1.54) is 12.1 Å². The second-order valence-corrected chi connectivity index (χ2v) is 4.18. The average Bonchev–Trinajstić information content (AvgIpc) is 2.34. The van der Waals surface area contributed by atoms with E-state index in [0.717, 1.165) is 25.1 Å². The smallest absolute Gasteiger partial charge is 0.356 e. The first-order chi connectivity index (χ1) is 8.93. The van der Waals surface area contributed by atoms with Gasteiger partial charge in [-0.25, -0.2) is 0 Å². The number of alkyl halides is 3. The topological polar surface area (TPSA) is 41.1 Å². The standard InChI is InChI=1S/C13H17F3N2O.ClH/c1-17-6-3-7-18-12(19)9-10-4-2-5-11(8-10)13(14,15)16;/h2,4-5,8,17H,3,6-7,9H2,1H3,(H,18,19);1H. The van der Waals surface area contributed by atoms with Crippen LogP contribution in [0.15, 0.2) is 24.3 Å². The Hall–Kier alpha value is -1.27. The van der Waals surface area contributed by atoms with Crippen molar-refractivity contribution in [3.63, 3.8) is 0 Å². The summed E-state index contributed by atoms with van der Waals surface area (Å²) >= 11 is 0. The van der Waals surface area contributed by atoms with Crippen molar-refractivity contribution in [2.45, 2.75) is 19.0 Å². The molecule has 1 rings (SSSR count). The van der Waals surface area contributed by atoms with Gasteiger partial charge in [0, 0.05) is 6.54 Å². The maximum absolute atomic E-state index is 12.5. The number of rotatable bonds is 6. The molecule has 0 aromatic heterocycles. The highest BCUT2D eigenvalue weighted by molar-refractivity contribution is 5.85. The average molecular weight is 311 g/mol. The maximum atomic E-state index is 12.5. The Labute approximate surface area is 122 Å². The summed E-state index contributed by atoms with van der Waals surface area (Å²) in [6.07, 6.45) is -3.63. The van der Waals surface area contributed by atoms with Gasteiger partial charge in [-0.05, 0) is 31.6 Å². The van der Waals surface area contributed by atoms with E-state index in [0.29, 0.717) is 12.1 Å². The summed E-state index contributed by atoms with van der Waals surface area (Å²) in [6.45, 7) is 1.29. The quantitative estimate of drug-likeness (QED) is 0.792. The first-order valence-corrected chi connectivity index (χ1v) is 6.01. The Kier molecular flexibility index (Phi) is 8.25. The number of halogens is 4. The molecule has 1 amide bonds. The molecule has 0 saturated heterocycles. The van der Waals surface area contributed by atoms with Crippen molar-refractivity contribution in [1.29, 1.82) is 0 Å². The Balaban J connectivity index is 0.00000361. The summed E-state index contributed by atoms with van der Waals surface area (Å²) < 4.78 is 37.5. The van der Waals surface area contributed by atoms with Crippen LogP contribution in [0.2, 0.25) is 0 Å². The van der Waals surface area contributed by atoms with E-state index in [9.17, 15) is 18.0 Å². The lowest BCUT2D eigenvalue weighted by molar-refractivity contribution is -0.137. The molecule has 1 aromatic carbocycles. The predicted octanol–water partition coefficient (Wildman–Crippen LogP) is 2.40. The molecular weight excluding hydrogens is 293 g/mol. The van der Waals surface area contributed by atoms with Gasteiger partial charge in [0.1, 0.15) is 0 Å². The van der Waals surface area contributed by atoms with Crippen LogP contribution in [0.1, 0.15) is 17.5 Å². The number of nitrogens with one attached hydrogen (secondary N) is 2. The van der Waals surface area contributed by atoms with Crippen LogP contribution >= 0.6 is 12.4 Å². The van der Waals surface area contributed by atoms with E-state index < -0.39 is 11.7 Å². The van der Waals surface area contributed by atoms with Gasteiger partial charge in [0.15, 0.2) is 0 Å². The van der Waals surface area contributed by atoms with Crippen LogP contribution in [-0.4, -0.2) is 26.0 Å². The molecule has 0 saturated carbocycles. The van der Waals surface area contributed by atoms with Crippen LogP contribution in [0, 0.1) is 0 Å². The molecular formula is C13H18ClF3N2O. The van der Waals surface area contributed by atoms with E-state index in [1.54, 1.807) is 0 Å². The summed E-state index contributed by atoms with van der Waals surface area (Å²) in [6, 6.07) is 4.83. The fourth-order valence-electron chi connectivity index (χ4n) is 1.60. The Morgan fingerprint density at radius 1 is 1.25 bits per heavy atom. The van der Waals surface area contributed by atoms with Crippen LogP contribution in [0.3, 0.4) is 0 Å². The van der Waals surface area contributed by atoms with E-state index in [1.807, 2.05) is 7.05 Å². The molecule has 0 aliphatic heterocycles. The summed E-state index contributed by atoms with van der Waals surface area (Å²) in [7, 11) is 1.81. The molecule has 0 heterocycles. The lowest BCUT2D eigenvalue weighted by Gasteiger charge is -2.09. The van der Waals surface area contributed by atoms with Gasteiger partial charge in [-0.2, -0.15) is 13.2 Å². The molecule has 0 fully saturated rings. The van der Waals surface area contributed by atoms with E-state index in [4.69, 9.17) is 0 Å². The SMILES string of the molecule is CNCCCNC(=O)Cc1cccc(C(F)(F)F)c1.Cl. The van der Waals surface area contributed by atoms with Crippen molar-refractivity contribution < 1.29 is 18.0 Å². The minimum atomic E-state index is -4.38. The van der Waals surface area contributed by atoms with Gasteiger partial charge >= 0.3 is 6.18 Å². The molecule has 0 unspecified atom stereocenters. The molecule has 0 spiro atoms. The molecule has 3 nitrogen and oxygen atoms in total. The fraction of sp³-hybridized carbons (Fsp3) is 0.462. The number of carbonyl (C=O) groups is 1. The highest BCUT2D eigenvalue weighted by Gasteiger charge is 2.30. The predicted molar refractivity (Wildman–Crippen MR) is 73.9 cm³/mol. The zero-order valence-electron chi connectivity index (χ0n) is 11.1. The van der Waals surface area contributed by atoms with Crippen LogP contribution < -0.4 is 10.6 Å². The molecule has 7 heteroatoms. The van der Waals surface area contributed by atoms with Gasteiger partial charge in [0.25, 0.3) is 0 Å². The van der Waals surface area contributed by atoms with Gasteiger partial charge in [-0.1, -0.05) is 18.2 Å². The first-order valence-electron chi connectivity index (χ1n) is 6.01. The highest BCUT2D eigenvalue weighted by atomic mass is 35.5. The van der Waals surface area contributed by atoms with Crippen molar-refractivity contribution >= 4 is 18.3 Å². The van der Waals surface area contributed by atoms with Crippen molar-refractivity contribution in [3.8, 4) is 0 Å². The molecule has 114 valence electrons. The van der Waals surface area contributed by atoms with Crippen molar-refractivity contribution in [2.24, 2.45) is 0 Å². The van der Waals surface area contributed by atoms with Crippen LogP contribution in [-0.2, 0) is 17.4 Å². The number of amides is 1. The molecule has 1 aromatic rings. The Morgan fingerprint density at radius 2 is 1.95 bits per heavy atom. The molecule has 20 heavy (non-hydrogen) atoms. The van der Waals surface area contributed by atoms with Gasteiger partial charge < -0.3 is 10.6 Å². The lowest BCUT2D eigenvalue weighted by atomic mass is 10.1. The molecule has 0 aliphatic carbocycles. The summed E-state index contributed by atoms with van der Waals surface area (Å²) in [5.41, 5.74) is -0.367. The van der Waals surface area contributed by atoms with E-state index in [2.05, 4.69) is 10.6 Å². The Bertz CT molecular complexity index is 424. The second-order valence-electron chi connectivity index (χ2n) is 4.18. The van der Waals surface area contributed by atoms with Gasteiger partial charge in [0.05, 0.1) is 12.0 Å². The highest BCUT2D eigenvalue weighted by Crippen LogP contribution is 2.29. The molecule has 2 N–H and O–H groups in total. The third-order valence-electron chi connectivity index (χ3n) is 2.54. The molecule has 0 aliphatic rings. The third kappa shape index (κ3) is 6.77. The Morgan fingerprint density at radius 3 is 2.55 bits per heavy atom. The molecule has 0 atom stereocenters. The lowest BCUT2D eigenvalue weighted by Crippen LogP contribution is -2.28. The zero-order chi connectivity index (χ0) is 14.3. The zero-order valence-corrected chi connectivity index (χ0v) is 11.9.